The summed E-state index contributed by atoms with van der Waals surface area (Å²) in [5.74, 6) is 1.68. The lowest BCUT2D eigenvalue weighted by molar-refractivity contribution is -0.127. The van der Waals surface area contributed by atoms with Crippen LogP contribution in [0.2, 0.25) is 0 Å². The SMILES string of the molecule is C=CC(=O)N1CCC(Oc2cc3c(Nc4cccc(-c5cnco5)c4)c(C#N)cnc3cc2OC)CC1.CC. The minimum atomic E-state index is -0.0812. The Morgan fingerprint density at radius 3 is 2.67 bits per heavy atom. The number of anilines is 2. The van der Waals surface area contributed by atoms with Gasteiger partial charge in [-0.25, -0.2) is 4.98 Å². The molecule has 1 aliphatic heterocycles. The molecule has 1 N–H and O–H groups in total. The number of benzene rings is 2. The molecule has 2 aromatic carbocycles. The van der Waals surface area contributed by atoms with Crippen molar-refractivity contribution in [3.05, 3.63) is 73.4 Å². The minimum absolute atomic E-state index is 0.0695. The summed E-state index contributed by atoms with van der Waals surface area (Å²) < 4.78 is 17.4. The fraction of sp³-hybridized carbons (Fsp3) is 0.267. The highest BCUT2D eigenvalue weighted by atomic mass is 16.5. The van der Waals surface area contributed by atoms with Crippen LogP contribution >= 0.6 is 0 Å². The van der Waals surface area contributed by atoms with Gasteiger partial charge in [-0.3, -0.25) is 9.78 Å². The zero-order chi connectivity index (χ0) is 27.8. The van der Waals surface area contributed by atoms with Crippen molar-refractivity contribution < 1.29 is 18.7 Å². The average molecular weight is 526 g/mol. The second-order valence-corrected chi connectivity index (χ2v) is 8.60. The van der Waals surface area contributed by atoms with Gasteiger partial charge in [0.25, 0.3) is 0 Å². The number of likely N-dealkylation sites (tertiary alicyclic amines) is 1. The molecular weight excluding hydrogens is 494 g/mol. The fourth-order valence-electron chi connectivity index (χ4n) is 4.43. The lowest BCUT2D eigenvalue weighted by Crippen LogP contribution is -2.41. The second-order valence-electron chi connectivity index (χ2n) is 8.60. The molecule has 0 atom stereocenters. The first-order chi connectivity index (χ1) is 19.1. The summed E-state index contributed by atoms with van der Waals surface area (Å²) >= 11 is 0. The second kappa shape index (κ2) is 12.6. The molecule has 39 heavy (non-hydrogen) atoms. The maximum Gasteiger partial charge on any atom is 0.245 e. The van der Waals surface area contributed by atoms with E-state index in [1.807, 2.05) is 44.2 Å². The molecule has 9 nitrogen and oxygen atoms in total. The number of nitriles is 1. The minimum Gasteiger partial charge on any atom is -0.493 e. The maximum atomic E-state index is 11.9. The molecule has 0 radical (unpaired) electrons. The lowest BCUT2D eigenvalue weighted by Gasteiger charge is -2.31. The van der Waals surface area contributed by atoms with E-state index in [1.54, 1.807) is 24.3 Å². The third kappa shape index (κ3) is 6.02. The number of carbonyl (C=O) groups excluding carboxylic acids is 1. The standard InChI is InChI=1S/C28H25N5O4.C2H6/c1-3-27(34)33-9-7-21(8-10-33)37-25-12-22-23(13-24(25)35-2)31-15-19(14-29)28(22)32-20-6-4-5-18(11-20)26-16-30-17-36-26;1-2/h3-6,11-13,15-17,21H,1,7-10H2,2H3,(H,31,32);1-2H3. The van der Waals surface area contributed by atoms with Crippen molar-refractivity contribution >= 4 is 28.2 Å². The zero-order valence-electron chi connectivity index (χ0n) is 22.3. The quantitative estimate of drug-likeness (QED) is 0.288. The number of nitrogens with one attached hydrogen (secondary N) is 1. The Labute approximate surface area is 227 Å². The van der Waals surface area contributed by atoms with E-state index in [0.29, 0.717) is 60.0 Å². The monoisotopic (exact) mass is 525 g/mol. The predicted molar refractivity (Wildman–Crippen MR) is 150 cm³/mol. The van der Waals surface area contributed by atoms with Crippen molar-refractivity contribution in [3.8, 4) is 28.9 Å². The van der Waals surface area contributed by atoms with Crippen molar-refractivity contribution in [2.24, 2.45) is 0 Å². The first-order valence-electron chi connectivity index (χ1n) is 12.8. The summed E-state index contributed by atoms with van der Waals surface area (Å²) in [5, 5.41) is 13.9. The Kier molecular flexibility index (Phi) is 8.79. The Hall–Kier alpha value is -4.84. The van der Waals surface area contributed by atoms with Gasteiger partial charge in [0.05, 0.1) is 30.1 Å². The summed E-state index contributed by atoms with van der Waals surface area (Å²) in [7, 11) is 1.58. The predicted octanol–water partition coefficient (Wildman–Crippen LogP) is 6.10. The van der Waals surface area contributed by atoms with Crippen LogP contribution in [0.15, 0.2) is 72.3 Å². The molecule has 1 saturated heterocycles. The van der Waals surface area contributed by atoms with E-state index < -0.39 is 0 Å². The molecule has 200 valence electrons. The Bertz CT molecular complexity index is 1490. The summed E-state index contributed by atoms with van der Waals surface area (Å²) in [4.78, 5) is 22.1. The van der Waals surface area contributed by atoms with Crippen LogP contribution in [0.1, 0.15) is 32.3 Å². The number of methoxy groups -OCH3 is 1. The number of aromatic nitrogens is 2. The Morgan fingerprint density at radius 1 is 1.21 bits per heavy atom. The van der Waals surface area contributed by atoms with Gasteiger partial charge in [-0.1, -0.05) is 32.6 Å². The summed E-state index contributed by atoms with van der Waals surface area (Å²) in [5.41, 5.74) is 3.29. The Balaban J connectivity index is 0.00000172. The molecule has 9 heteroatoms. The lowest BCUT2D eigenvalue weighted by atomic mass is 10.1. The number of amides is 1. The van der Waals surface area contributed by atoms with Gasteiger partial charge in [0.2, 0.25) is 5.91 Å². The van der Waals surface area contributed by atoms with Crippen LogP contribution in [0.5, 0.6) is 11.5 Å². The van der Waals surface area contributed by atoms with E-state index in [1.165, 1.54) is 18.7 Å². The van der Waals surface area contributed by atoms with Gasteiger partial charge < -0.3 is 24.1 Å². The van der Waals surface area contributed by atoms with E-state index in [2.05, 4.69) is 27.9 Å². The molecule has 0 spiro atoms. The summed E-state index contributed by atoms with van der Waals surface area (Å²) in [6.45, 7) is 8.76. The number of oxazole rings is 1. The van der Waals surface area contributed by atoms with Crippen LogP contribution in [0.4, 0.5) is 11.4 Å². The van der Waals surface area contributed by atoms with Crippen molar-refractivity contribution in [3.63, 3.8) is 0 Å². The molecular formula is C30H31N5O4. The first kappa shape index (κ1) is 27.2. The highest BCUT2D eigenvalue weighted by Crippen LogP contribution is 2.38. The number of hydrogen-bond acceptors (Lipinski definition) is 8. The molecule has 0 bridgehead atoms. The molecule has 0 saturated carbocycles. The van der Waals surface area contributed by atoms with E-state index >= 15 is 0 Å². The number of ether oxygens (including phenoxy) is 2. The van der Waals surface area contributed by atoms with Gasteiger partial charge in [0.1, 0.15) is 12.2 Å². The number of carbonyl (C=O) groups is 1. The normalized spacial score (nSPS) is 13.1. The molecule has 3 heterocycles. The van der Waals surface area contributed by atoms with Gasteiger partial charge in [-0.15, -0.1) is 0 Å². The first-order valence-corrected chi connectivity index (χ1v) is 12.8. The highest BCUT2D eigenvalue weighted by Gasteiger charge is 2.24. The number of fused-ring (bicyclic) bond motifs is 1. The van der Waals surface area contributed by atoms with E-state index in [9.17, 15) is 10.1 Å². The third-order valence-electron chi connectivity index (χ3n) is 6.34. The summed E-state index contributed by atoms with van der Waals surface area (Å²) in [6.07, 6.45) is 7.21. The molecule has 1 aliphatic rings. The average Bonchev–Trinajstić information content (AvgIpc) is 3.54. The highest BCUT2D eigenvalue weighted by molar-refractivity contribution is 5.97. The number of rotatable bonds is 7. The fourth-order valence-corrected chi connectivity index (χ4v) is 4.43. The third-order valence-corrected chi connectivity index (χ3v) is 6.34. The zero-order valence-corrected chi connectivity index (χ0v) is 22.3. The van der Waals surface area contributed by atoms with Crippen LogP contribution < -0.4 is 14.8 Å². The van der Waals surface area contributed by atoms with Crippen LogP contribution in [0, 0.1) is 11.3 Å². The van der Waals surface area contributed by atoms with Crippen LogP contribution in [0.3, 0.4) is 0 Å². The van der Waals surface area contributed by atoms with E-state index in [-0.39, 0.29) is 12.0 Å². The largest absolute Gasteiger partial charge is 0.493 e. The van der Waals surface area contributed by atoms with Crippen molar-refractivity contribution in [1.82, 2.24) is 14.9 Å². The van der Waals surface area contributed by atoms with Crippen molar-refractivity contribution in [1.29, 1.82) is 5.26 Å². The van der Waals surface area contributed by atoms with Gasteiger partial charge in [-0.2, -0.15) is 5.26 Å². The van der Waals surface area contributed by atoms with Crippen LogP contribution in [-0.4, -0.2) is 47.1 Å². The molecule has 4 aromatic rings. The van der Waals surface area contributed by atoms with Crippen LogP contribution in [-0.2, 0) is 4.79 Å². The van der Waals surface area contributed by atoms with Crippen molar-refractivity contribution in [2.45, 2.75) is 32.8 Å². The van der Waals surface area contributed by atoms with E-state index in [4.69, 9.17) is 13.9 Å². The molecule has 5 rings (SSSR count). The summed E-state index contributed by atoms with van der Waals surface area (Å²) in [6, 6.07) is 13.5. The number of piperidine rings is 1. The topological polar surface area (TPSA) is 114 Å². The smallest absolute Gasteiger partial charge is 0.245 e. The van der Waals surface area contributed by atoms with Gasteiger partial charge in [0.15, 0.2) is 23.7 Å². The molecule has 1 fully saturated rings. The molecule has 2 aromatic heterocycles. The molecule has 0 unspecified atom stereocenters. The van der Waals surface area contributed by atoms with Crippen LogP contribution in [0.25, 0.3) is 22.2 Å². The number of pyridine rings is 1. The Morgan fingerprint density at radius 2 is 2.00 bits per heavy atom. The maximum absolute atomic E-state index is 11.9. The molecule has 1 amide bonds. The van der Waals surface area contributed by atoms with Gasteiger partial charge >= 0.3 is 0 Å². The van der Waals surface area contributed by atoms with E-state index in [0.717, 1.165) is 16.6 Å². The van der Waals surface area contributed by atoms with Crippen molar-refractivity contribution in [2.75, 3.05) is 25.5 Å². The molecule has 0 aliphatic carbocycles. The van der Waals surface area contributed by atoms with Gasteiger partial charge in [0, 0.05) is 54.8 Å². The van der Waals surface area contributed by atoms with Gasteiger partial charge in [-0.05, 0) is 24.3 Å². The number of hydrogen-bond donors (Lipinski definition) is 1. The number of nitrogens with zero attached hydrogens (tertiary/aromatic N) is 4.